The molecule has 0 aliphatic carbocycles. The van der Waals surface area contributed by atoms with Crippen LogP contribution in [0.15, 0.2) is 36.5 Å². The Morgan fingerprint density at radius 3 is 2.57 bits per heavy atom. The summed E-state index contributed by atoms with van der Waals surface area (Å²) >= 11 is 0. The molecule has 2 heterocycles. The number of methoxy groups -OCH3 is 3. The molecule has 0 atom stereocenters. The van der Waals surface area contributed by atoms with Gasteiger partial charge in [-0.1, -0.05) is 6.07 Å². The lowest BCUT2D eigenvalue weighted by atomic mass is 9.96. The SMILES string of the molecule is COC(=O)c1ccc2c(c1)CN(c1cnnc3cc(OC)c(OC)cc13)CC2. The molecule has 3 aromatic rings. The van der Waals surface area contributed by atoms with Crippen molar-refractivity contribution in [2.24, 2.45) is 0 Å². The minimum atomic E-state index is -0.326. The maximum Gasteiger partial charge on any atom is 0.337 e. The second kappa shape index (κ2) is 7.34. The van der Waals surface area contributed by atoms with Gasteiger partial charge in [0.1, 0.15) is 0 Å². The molecule has 1 aromatic heterocycles. The number of nitrogens with zero attached hydrogens (tertiary/aromatic N) is 3. The van der Waals surface area contributed by atoms with Gasteiger partial charge in [-0.05, 0) is 35.7 Å². The summed E-state index contributed by atoms with van der Waals surface area (Å²) < 4.78 is 15.7. The summed E-state index contributed by atoms with van der Waals surface area (Å²) in [6.45, 7) is 1.52. The molecule has 0 unspecified atom stereocenters. The first-order chi connectivity index (χ1) is 13.6. The van der Waals surface area contributed by atoms with Gasteiger partial charge in [-0.15, -0.1) is 0 Å². The van der Waals surface area contributed by atoms with Crippen LogP contribution in [0.1, 0.15) is 21.5 Å². The monoisotopic (exact) mass is 379 g/mol. The zero-order valence-corrected chi connectivity index (χ0v) is 16.1. The van der Waals surface area contributed by atoms with E-state index in [-0.39, 0.29) is 5.97 Å². The molecule has 0 bridgehead atoms. The quantitative estimate of drug-likeness (QED) is 0.645. The van der Waals surface area contributed by atoms with E-state index in [0.29, 0.717) is 23.6 Å². The highest BCUT2D eigenvalue weighted by atomic mass is 16.5. The molecular formula is C21H21N3O4. The first-order valence-electron chi connectivity index (χ1n) is 8.97. The average Bonchev–Trinajstić information content (AvgIpc) is 2.76. The van der Waals surface area contributed by atoms with Gasteiger partial charge >= 0.3 is 5.97 Å². The van der Waals surface area contributed by atoms with E-state index in [1.807, 2.05) is 30.3 Å². The van der Waals surface area contributed by atoms with E-state index in [1.165, 1.54) is 12.7 Å². The smallest absolute Gasteiger partial charge is 0.337 e. The van der Waals surface area contributed by atoms with Gasteiger partial charge in [-0.25, -0.2) is 4.79 Å². The Labute approximate surface area is 162 Å². The molecule has 144 valence electrons. The third-order valence-corrected chi connectivity index (χ3v) is 5.10. The van der Waals surface area contributed by atoms with Crippen LogP contribution < -0.4 is 14.4 Å². The fraction of sp³-hybridized carbons (Fsp3) is 0.286. The summed E-state index contributed by atoms with van der Waals surface area (Å²) in [5, 5.41) is 9.36. The molecule has 28 heavy (non-hydrogen) atoms. The van der Waals surface area contributed by atoms with Crippen molar-refractivity contribution in [3.63, 3.8) is 0 Å². The van der Waals surface area contributed by atoms with E-state index in [2.05, 4.69) is 15.1 Å². The number of ether oxygens (including phenoxy) is 3. The average molecular weight is 379 g/mol. The number of anilines is 1. The summed E-state index contributed by atoms with van der Waals surface area (Å²) in [7, 11) is 4.61. The van der Waals surface area contributed by atoms with Crippen LogP contribution in [-0.4, -0.2) is 44.0 Å². The molecular weight excluding hydrogens is 358 g/mol. The minimum Gasteiger partial charge on any atom is -0.493 e. The standard InChI is InChI=1S/C21H21N3O4/c1-26-19-9-16-17(10-20(19)27-2)23-22-11-18(16)24-7-6-13-4-5-14(21(25)28-3)8-15(13)12-24/h4-5,8-11H,6-7,12H2,1-3H3. The van der Waals surface area contributed by atoms with Crippen LogP contribution in [0.5, 0.6) is 11.5 Å². The van der Waals surface area contributed by atoms with Gasteiger partial charge in [0.05, 0.1) is 44.3 Å². The lowest BCUT2D eigenvalue weighted by Crippen LogP contribution is -2.31. The Kier molecular flexibility index (Phi) is 4.73. The van der Waals surface area contributed by atoms with Crippen molar-refractivity contribution in [3.05, 3.63) is 53.2 Å². The van der Waals surface area contributed by atoms with E-state index in [1.54, 1.807) is 20.4 Å². The lowest BCUT2D eigenvalue weighted by Gasteiger charge is -2.31. The summed E-state index contributed by atoms with van der Waals surface area (Å²) in [6, 6.07) is 9.50. The second-order valence-corrected chi connectivity index (χ2v) is 6.60. The maximum absolute atomic E-state index is 11.9. The number of esters is 1. The van der Waals surface area contributed by atoms with E-state index in [4.69, 9.17) is 14.2 Å². The Morgan fingerprint density at radius 2 is 1.82 bits per heavy atom. The van der Waals surface area contributed by atoms with Crippen LogP contribution in [0.25, 0.3) is 10.9 Å². The Morgan fingerprint density at radius 1 is 1.04 bits per heavy atom. The molecule has 0 saturated carbocycles. The molecule has 1 aliphatic rings. The van der Waals surface area contributed by atoms with Crippen LogP contribution in [-0.2, 0) is 17.7 Å². The molecule has 0 amide bonds. The normalized spacial score (nSPS) is 13.2. The fourth-order valence-electron chi connectivity index (χ4n) is 3.63. The molecule has 2 aromatic carbocycles. The summed E-state index contributed by atoms with van der Waals surface area (Å²) in [6.07, 6.45) is 2.65. The number of benzene rings is 2. The third-order valence-electron chi connectivity index (χ3n) is 5.10. The third kappa shape index (κ3) is 3.09. The van der Waals surface area contributed by atoms with Crippen molar-refractivity contribution in [1.82, 2.24) is 10.2 Å². The number of hydrogen-bond donors (Lipinski definition) is 0. The number of carbonyl (C=O) groups excluding carboxylic acids is 1. The largest absolute Gasteiger partial charge is 0.493 e. The zero-order chi connectivity index (χ0) is 19.7. The molecule has 1 aliphatic heterocycles. The Balaban J connectivity index is 1.74. The molecule has 7 nitrogen and oxygen atoms in total. The van der Waals surface area contributed by atoms with Crippen LogP contribution >= 0.6 is 0 Å². The summed E-state index contributed by atoms with van der Waals surface area (Å²) in [4.78, 5) is 14.1. The van der Waals surface area contributed by atoms with E-state index in [9.17, 15) is 4.79 Å². The van der Waals surface area contributed by atoms with Crippen molar-refractivity contribution in [1.29, 1.82) is 0 Å². The molecule has 0 N–H and O–H groups in total. The summed E-state index contributed by atoms with van der Waals surface area (Å²) in [5.41, 5.74) is 4.63. The molecule has 7 heteroatoms. The lowest BCUT2D eigenvalue weighted by molar-refractivity contribution is 0.0600. The second-order valence-electron chi connectivity index (χ2n) is 6.60. The van der Waals surface area contributed by atoms with Gasteiger partial charge in [0.25, 0.3) is 0 Å². The van der Waals surface area contributed by atoms with Gasteiger partial charge in [-0.2, -0.15) is 10.2 Å². The number of rotatable bonds is 4. The van der Waals surface area contributed by atoms with Gasteiger partial charge in [0.2, 0.25) is 0 Å². The number of aromatic nitrogens is 2. The molecule has 0 saturated heterocycles. The van der Waals surface area contributed by atoms with Crippen molar-refractivity contribution in [2.75, 3.05) is 32.8 Å². The predicted octanol–water partition coefficient (Wildman–Crippen LogP) is 3.00. The van der Waals surface area contributed by atoms with Gasteiger partial charge in [0.15, 0.2) is 11.5 Å². The zero-order valence-electron chi connectivity index (χ0n) is 16.1. The van der Waals surface area contributed by atoms with Crippen LogP contribution in [0.2, 0.25) is 0 Å². The van der Waals surface area contributed by atoms with Crippen LogP contribution in [0, 0.1) is 0 Å². The van der Waals surface area contributed by atoms with Gasteiger partial charge < -0.3 is 19.1 Å². The number of carbonyl (C=O) groups is 1. The first-order valence-corrected chi connectivity index (χ1v) is 8.97. The van der Waals surface area contributed by atoms with E-state index >= 15 is 0 Å². The van der Waals surface area contributed by atoms with Crippen molar-refractivity contribution < 1.29 is 19.0 Å². The van der Waals surface area contributed by atoms with E-state index in [0.717, 1.165) is 35.1 Å². The predicted molar refractivity (Wildman–Crippen MR) is 105 cm³/mol. The fourth-order valence-corrected chi connectivity index (χ4v) is 3.63. The highest BCUT2D eigenvalue weighted by Crippen LogP contribution is 2.36. The molecule has 4 rings (SSSR count). The maximum atomic E-state index is 11.9. The number of hydrogen-bond acceptors (Lipinski definition) is 7. The molecule has 0 spiro atoms. The van der Waals surface area contributed by atoms with Crippen molar-refractivity contribution in [3.8, 4) is 11.5 Å². The number of fused-ring (bicyclic) bond motifs is 2. The van der Waals surface area contributed by atoms with Gasteiger partial charge in [-0.3, -0.25) is 0 Å². The Bertz CT molecular complexity index is 1050. The Hall–Kier alpha value is -3.35. The first kappa shape index (κ1) is 18.0. The van der Waals surface area contributed by atoms with Crippen molar-refractivity contribution >= 4 is 22.6 Å². The van der Waals surface area contributed by atoms with E-state index < -0.39 is 0 Å². The topological polar surface area (TPSA) is 73.8 Å². The van der Waals surface area contributed by atoms with Crippen LogP contribution in [0.4, 0.5) is 5.69 Å². The van der Waals surface area contributed by atoms with Crippen molar-refractivity contribution in [2.45, 2.75) is 13.0 Å². The highest BCUT2D eigenvalue weighted by Gasteiger charge is 2.21. The van der Waals surface area contributed by atoms with Crippen LogP contribution in [0.3, 0.4) is 0 Å². The van der Waals surface area contributed by atoms with Gasteiger partial charge in [0, 0.05) is 24.5 Å². The minimum absolute atomic E-state index is 0.326. The highest BCUT2D eigenvalue weighted by molar-refractivity contribution is 5.93. The summed E-state index contributed by atoms with van der Waals surface area (Å²) in [5.74, 6) is 0.940. The molecule has 0 fully saturated rings. The molecule has 0 radical (unpaired) electrons.